The maximum atomic E-state index is 11.6. The Morgan fingerprint density at radius 1 is 1.55 bits per heavy atom. The van der Waals surface area contributed by atoms with Gasteiger partial charge < -0.3 is 20.1 Å². The number of carbonyl (C=O) groups excluding carboxylic acids is 1. The maximum absolute atomic E-state index is 11.6. The Balaban J connectivity index is 2.29. The summed E-state index contributed by atoms with van der Waals surface area (Å²) >= 11 is 0. The first-order valence-corrected chi connectivity index (χ1v) is 6.27. The molecular weight excluding hydrogens is 262 g/mol. The molecule has 108 valence electrons. The average Bonchev–Trinajstić information content (AvgIpc) is 2.91. The van der Waals surface area contributed by atoms with Gasteiger partial charge in [-0.05, 0) is 12.1 Å². The van der Waals surface area contributed by atoms with E-state index in [9.17, 15) is 14.7 Å². The van der Waals surface area contributed by atoms with Crippen LogP contribution < -0.4 is 10.2 Å². The molecule has 0 bridgehead atoms. The van der Waals surface area contributed by atoms with Crippen LogP contribution in [0.25, 0.3) is 0 Å². The van der Waals surface area contributed by atoms with Crippen molar-refractivity contribution in [2.75, 3.05) is 25.6 Å². The number of methoxy groups -OCH3 is 1. The maximum Gasteiger partial charge on any atom is 0.326 e. The minimum atomic E-state index is -0.900. The first-order chi connectivity index (χ1) is 9.56. The van der Waals surface area contributed by atoms with Crippen LogP contribution in [-0.2, 0) is 9.53 Å². The first-order valence-electron chi connectivity index (χ1n) is 6.27. The summed E-state index contributed by atoms with van der Waals surface area (Å²) in [5, 5.41) is 11.8. The number of hydrogen-bond acceptors (Lipinski definition) is 5. The number of hydrogen-bond donors (Lipinski definition) is 2. The largest absolute Gasteiger partial charge is 0.480 e. The van der Waals surface area contributed by atoms with Crippen molar-refractivity contribution in [3.63, 3.8) is 0 Å². The normalized spacial score (nSPS) is 21.8. The molecule has 1 aliphatic rings. The van der Waals surface area contributed by atoms with Gasteiger partial charge in [0.05, 0.1) is 6.10 Å². The highest BCUT2D eigenvalue weighted by Gasteiger charge is 2.37. The minimum Gasteiger partial charge on any atom is -0.480 e. The zero-order valence-electron chi connectivity index (χ0n) is 11.4. The van der Waals surface area contributed by atoms with Crippen molar-refractivity contribution < 1.29 is 19.4 Å². The third-order valence-electron chi connectivity index (χ3n) is 3.42. The van der Waals surface area contributed by atoms with Crippen molar-refractivity contribution >= 4 is 17.6 Å². The van der Waals surface area contributed by atoms with Crippen LogP contribution in [0.5, 0.6) is 0 Å². The van der Waals surface area contributed by atoms with Crippen molar-refractivity contribution in [3.05, 3.63) is 24.0 Å². The molecule has 1 amide bonds. The van der Waals surface area contributed by atoms with E-state index in [0.29, 0.717) is 18.7 Å². The number of anilines is 1. The van der Waals surface area contributed by atoms with Crippen LogP contribution in [0, 0.1) is 0 Å². The van der Waals surface area contributed by atoms with Gasteiger partial charge in [-0.2, -0.15) is 0 Å². The topological polar surface area (TPSA) is 91.8 Å². The van der Waals surface area contributed by atoms with Gasteiger partial charge in [-0.25, -0.2) is 4.79 Å². The summed E-state index contributed by atoms with van der Waals surface area (Å²) in [6.07, 6.45) is 1.79. The summed E-state index contributed by atoms with van der Waals surface area (Å²) in [6.45, 7) is 0.477. The number of rotatable bonds is 4. The lowest BCUT2D eigenvalue weighted by molar-refractivity contribution is -0.138. The second kappa shape index (κ2) is 5.87. The fraction of sp³-hybridized carbons (Fsp3) is 0.462. The van der Waals surface area contributed by atoms with E-state index < -0.39 is 12.0 Å². The van der Waals surface area contributed by atoms with E-state index in [4.69, 9.17) is 4.74 Å². The van der Waals surface area contributed by atoms with Gasteiger partial charge in [-0.3, -0.25) is 9.78 Å². The highest BCUT2D eigenvalue weighted by Crippen LogP contribution is 2.27. The third-order valence-corrected chi connectivity index (χ3v) is 3.42. The van der Waals surface area contributed by atoms with Crippen LogP contribution in [0.4, 0.5) is 5.69 Å². The molecule has 0 aliphatic carbocycles. The smallest absolute Gasteiger partial charge is 0.326 e. The Morgan fingerprint density at radius 2 is 2.30 bits per heavy atom. The van der Waals surface area contributed by atoms with Gasteiger partial charge in [0.15, 0.2) is 0 Å². The molecule has 1 aromatic heterocycles. The number of carboxylic acids is 1. The Hall–Kier alpha value is -2.15. The summed E-state index contributed by atoms with van der Waals surface area (Å²) in [5.74, 6) is -1.20. The molecule has 0 radical (unpaired) electrons. The van der Waals surface area contributed by atoms with E-state index in [1.807, 2.05) is 0 Å². The van der Waals surface area contributed by atoms with Crippen molar-refractivity contribution in [3.8, 4) is 0 Å². The fourth-order valence-electron chi connectivity index (χ4n) is 2.34. The molecule has 0 saturated carbocycles. The summed E-state index contributed by atoms with van der Waals surface area (Å²) in [4.78, 5) is 28.6. The predicted molar refractivity (Wildman–Crippen MR) is 71.8 cm³/mol. The molecule has 0 spiro atoms. The first kappa shape index (κ1) is 14.3. The second-order valence-corrected chi connectivity index (χ2v) is 4.58. The van der Waals surface area contributed by atoms with Crippen molar-refractivity contribution in [2.24, 2.45) is 0 Å². The fourth-order valence-corrected chi connectivity index (χ4v) is 2.34. The van der Waals surface area contributed by atoms with Gasteiger partial charge in [0.1, 0.15) is 11.7 Å². The number of nitrogens with one attached hydrogen (secondary N) is 1. The summed E-state index contributed by atoms with van der Waals surface area (Å²) in [7, 11) is 3.09. The van der Waals surface area contributed by atoms with Crippen LogP contribution >= 0.6 is 0 Å². The van der Waals surface area contributed by atoms with E-state index in [0.717, 1.165) is 0 Å². The van der Waals surface area contributed by atoms with Crippen molar-refractivity contribution in [1.29, 1.82) is 0 Å². The highest BCUT2D eigenvalue weighted by molar-refractivity contribution is 5.93. The highest BCUT2D eigenvalue weighted by atomic mass is 16.5. The predicted octanol–water partition coefficient (Wildman–Crippen LogP) is 0.119. The third kappa shape index (κ3) is 2.72. The molecular formula is C13H17N3O4. The SMILES string of the molecule is CNC(=O)c1cc(N2CC(OC)CC2C(=O)O)ccn1. The molecule has 2 atom stereocenters. The number of nitrogens with zero attached hydrogens (tertiary/aromatic N) is 2. The number of amides is 1. The number of aromatic nitrogens is 1. The van der Waals surface area contributed by atoms with Gasteiger partial charge in [-0.1, -0.05) is 0 Å². The molecule has 7 heteroatoms. The number of carboxylic acid groups (broad SMARTS) is 1. The molecule has 2 N–H and O–H groups in total. The van der Waals surface area contributed by atoms with Gasteiger partial charge in [0.25, 0.3) is 5.91 Å². The molecule has 2 rings (SSSR count). The quantitative estimate of drug-likeness (QED) is 0.813. The van der Waals surface area contributed by atoms with Crippen LogP contribution in [0.1, 0.15) is 16.9 Å². The number of ether oxygens (including phenoxy) is 1. The molecule has 2 heterocycles. The number of carbonyl (C=O) groups is 2. The Bertz CT molecular complexity index is 520. The Kier molecular flexibility index (Phi) is 4.19. The van der Waals surface area contributed by atoms with E-state index in [1.54, 1.807) is 24.1 Å². The van der Waals surface area contributed by atoms with Crippen LogP contribution in [0.2, 0.25) is 0 Å². The second-order valence-electron chi connectivity index (χ2n) is 4.58. The van der Waals surface area contributed by atoms with E-state index in [1.165, 1.54) is 13.2 Å². The summed E-state index contributed by atoms with van der Waals surface area (Å²) < 4.78 is 5.24. The molecule has 1 fully saturated rings. The molecule has 7 nitrogen and oxygen atoms in total. The Labute approximate surface area is 116 Å². The molecule has 1 aromatic rings. The lowest BCUT2D eigenvalue weighted by Gasteiger charge is -2.23. The van der Waals surface area contributed by atoms with Gasteiger partial charge in [0.2, 0.25) is 0 Å². The standard InChI is InChI=1S/C13H17N3O4/c1-14-12(17)10-5-8(3-4-15-10)16-7-9(20-2)6-11(16)13(18)19/h3-5,9,11H,6-7H2,1-2H3,(H,14,17)(H,18,19). The van der Waals surface area contributed by atoms with Crippen LogP contribution in [0.3, 0.4) is 0 Å². The summed E-state index contributed by atoms with van der Waals surface area (Å²) in [5.41, 5.74) is 0.917. The zero-order chi connectivity index (χ0) is 14.7. The van der Waals surface area contributed by atoms with Gasteiger partial charge >= 0.3 is 5.97 Å². The number of pyridine rings is 1. The van der Waals surface area contributed by atoms with Crippen molar-refractivity contribution in [1.82, 2.24) is 10.3 Å². The lowest BCUT2D eigenvalue weighted by Crippen LogP contribution is -2.36. The van der Waals surface area contributed by atoms with Gasteiger partial charge in [-0.15, -0.1) is 0 Å². The van der Waals surface area contributed by atoms with Crippen LogP contribution in [-0.4, -0.2) is 54.8 Å². The molecule has 1 aliphatic heterocycles. The van der Waals surface area contributed by atoms with E-state index >= 15 is 0 Å². The summed E-state index contributed by atoms with van der Waals surface area (Å²) in [6, 6.07) is 2.63. The lowest BCUT2D eigenvalue weighted by atomic mass is 10.2. The van der Waals surface area contributed by atoms with E-state index in [2.05, 4.69) is 10.3 Å². The van der Waals surface area contributed by atoms with Crippen molar-refractivity contribution in [2.45, 2.75) is 18.6 Å². The van der Waals surface area contributed by atoms with Crippen LogP contribution in [0.15, 0.2) is 18.3 Å². The van der Waals surface area contributed by atoms with Gasteiger partial charge in [0, 0.05) is 39.0 Å². The molecule has 1 saturated heterocycles. The average molecular weight is 279 g/mol. The zero-order valence-corrected chi connectivity index (χ0v) is 11.4. The number of aliphatic carboxylic acids is 1. The monoisotopic (exact) mass is 279 g/mol. The molecule has 2 unspecified atom stereocenters. The van der Waals surface area contributed by atoms with E-state index in [-0.39, 0.29) is 17.7 Å². The Morgan fingerprint density at radius 3 is 2.90 bits per heavy atom. The molecule has 20 heavy (non-hydrogen) atoms. The minimum absolute atomic E-state index is 0.132. The molecule has 0 aromatic carbocycles.